The molecule has 0 spiro atoms. The highest BCUT2D eigenvalue weighted by molar-refractivity contribution is 7.97. The van der Waals surface area contributed by atoms with Gasteiger partial charge in [0.15, 0.2) is 26.9 Å². The molecule has 3 unspecified atom stereocenters. The molecule has 2 saturated carbocycles. The molecule has 4 heteroatoms. The molecule has 0 saturated heterocycles. The van der Waals surface area contributed by atoms with Crippen LogP contribution in [0.3, 0.4) is 0 Å². The standard InChI is InChI=1S/C37H35O3S/c1-27-22-34(41(32-14-8-4-9-15-32)33-16-10-5-11-17-33)23-28(2)36(27)39-26-35(38)40-37(25-30-18-19-31(37)24-30)21-20-29-12-6-3-7-13-29/h3-17,22-23,30-31H,18-19,24-26H2,1-2H3/q+1. The second-order valence-electron chi connectivity index (χ2n) is 11.2. The number of esters is 1. The Morgan fingerprint density at radius 2 is 1.41 bits per heavy atom. The quantitative estimate of drug-likeness (QED) is 0.131. The van der Waals surface area contributed by atoms with Crippen molar-refractivity contribution in [2.75, 3.05) is 6.61 Å². The lowest BCUT2D eigenvalue weighted by Crippen LogP contribution is -2.40. The van der Waals surface area contributed by atoms with E-state index in [1.54, 1.807) is 0 Å². The first-order valence-corrected chi connectivity index (χ1v) is 15.6. The summed E-state index contributed by atoms with van der Waals surface area (Å²) in [6.07, 6.45) is 4.16. The first-order valence-electron chi connectivity index (χ1n) is 14.4. The Balaban J connectivity index is 1.20. The number of benzene rings is 4. The van der Waals surface area contributed by atoms with Crippen LogP contribution in [0.15, 0.2) is 118 Å². The van der Waals surface area contributed by atoms with Gasteiger partial charge in [-0.1, -0.05) is 60.5 Å². The maximum Gasteiger partial charge on any atom is 0.345 e. The molecule has 6 rings (SSSR count). The molecule has 0 radical (unpaired) electrons. The van der Waals surface area contributed by atoms with E-state index < -0.39 is 5.60 Å². The monoisotopic (exact) mass is 559 g/mol. The zero-order chi connectivity index (χ0) is 28.2. The Morgan fingerprint density at radius 1 is 0.829 bits per heavy atom. The van der Waals surface area contributed by atoms with E-state index in [0.29, 0.717) is 11.8 Å². The number of hydrogen-bond donors (Lipinski definition) is 0. The van der Waals surface area contributed by atoms with Gasteiger partial charge in [-0.15, -0.1) is 0 Å². The second-order valence-corrected chi connectivity index (χ2v) is 13.2. The molecule has 0 aromatic heterocycles. The maximum absolute atomic E-state index is 13.2. The Bertz CT molecular complexity index is 1510. The lowest BCUT2D eigenvalue weighted by atomic mass is 9.84. The fourth-order valence-electron chi connectivity index (χ4n) is 6.42. The van der Waals surface area contributed by atoms with Crippen LogP contribution in [-0.2, 0) is 20.4 Å². The van der Waals surface area contributed by atoms with E-state index in [4.69, 9.17) is 9.47 Å². The van der Waals surface area contributed by atoms with Crippen molar-refractivity contribution in [3.63, 3.8) is 0 Å². The number of fused-ring (bicyclic) bond motifs is 2. The van der Waals surface area contributed by atoms with E-state index >= 15 is 0 Å². The van der Waals surface area contributed by atoms with Gasteiger partial charge >= 0.3 is 5.97 Å². The zero-order valence-electron chi connectivity index (χ0n) is 23.6. The van der Waals surface area contributed by atoms with E-state index in [1.807, 2.05) is 30.3 Å². The van der Waals surface area contributed by atoms with Crippen molar-refractivity contribution >= 4 is 16.9 Å². The third-order valence-corrected chi connectivity index (χ3v) is 10.4. The molecule has 3 atom stereocenters. The molecule has 2 aliphatic rings. The molecule has 2 fully saturated rings. The van der Waals surface area contributed by atoms with E-state index in [0.717, 1.165) is 41.7 Å². The summed E-state index contributed by atoms with van der Waals surface area (Å²) >= 11 is 0. The van der Waals surface area contributed by atoms with Crippen molar-refractivity contribution in [2.45, 2.75) is 59.8 Å². The summed E-state index contributed by atoms with van der Waals surface area (Å²) in [6, 6.07) is 35.5. The molecular formula is C37H35O3S+. The highest BCUT2D eigenvalue weighted by atomic mass is 32.2. The van der Waals surface area contributed by atoms with Crippen molar-refractivity contribution in [3.05, 3.63) is 120 Å². The molecule has 2 bridgehead atoms. The van der Waals surface area contributed by atoms with Crippen LogP contribution in [0.1, 0.15) is 42.4 Å². The summed E-state index contributed by atoms with van der Waals surface area (Å²) in [5, 5.41) is 0. The molecule has 0 N–H and O–H groups in total. The molecule has 2 aliphatic carbocycles. The SMILES string of the molecule is Cc1cc([S+](c2ccccc2)c2ccccc2)cc(C)c1OCC(=O)OC1(C#Cc2ccccc2)CC2CCC1C2. The van der Waals surface area contributed by atoms with Crippen LogP contribution in [-0.4, -0.2) is 18.2 Å². The van der Waals surface area contributed by atoms with Gasteiger partial charge in [-0.3, -0.25) is 0 Å². The first kappa shape index (κ1) is 27.2. The summed E-state index contributed by atoms with van der Waals surface area (Å²) in [7, 11) is -0.247. The van der Waals surface area contributed by atoms with Crippen LogP contribution >= 0.6 is 0 Å². The Morgan fingerprint density at radius 3 is 1.95 bits per heavy atom. The van der Waals surface area contributed by atoms with Crippen LogP contribution in [0.4, 0.5) is 0 Å². The van der Waals surface area contributed by atoms with Crippen LogP contribution in [0.5, 0.6) is 5.75 Å². The Labute approximate surface area is 246 Å². The summed E-state index contributed by atoms with van der Waals surface area (Å²) < 4.78 is 12.4. The number of hydrogen-bond acceptors (Lipinski definition) is 3. The lowest BCUT2D eigenvalue weighted by Gasteiger charge is -2.32. The van der Waals surface area contributed by atoms with Crippen molar-refractivity contribution in [2.24, 2.45) is 11.8 Å². The predicted molar refractivity (Wildman–Crippen MR) is 164 cm³/mol. The second kappa shape index (κ2) is 11.9. The van der Waals surface area contributed by atoms with Gasteiger partial charge in [0.25, 0.3) is 0 Å². The van der Waals surface area contributed by atoms with Gasteiger partial charge in [-0.25, -0.2) is 4.79 Å². The molecular weight excluding hydrogens is 524 g/mol. The van der Waals surface area contributed by atoms with Gasteiger partial charge < -0.3 is 9.47 Å². The fraction of sp³-hybridized carbons (Fsp3) is 0.270. The molecule has 4 aromatic carbocycles. The fourth-order valence-corrected chi connectivity index (χ4v) is 8.69. The van der Waals surface area contributed by atoms with Gasteiger partial charge in [0.2, 0.25) is 0 Å². The summed E-state index contributed by atoms with van der Waals surface area (Å²) in [5.74, 6) is 7.95. The zero-order valence-corrected chi connectivity index (χ0v) is 24.5. The van der Waals surface area contributed by atoms with E-state index in [2.05, 4.69) is 98.5 Å². The molecule has 41 heavy (non-hydrogen) atoms. The van der Waals surface area contributed by atoms with E-state index in [-0.39, 0.29) is 23.5 Å². The first-order chi connectivity index (χ1) is 20.0. The minimum absolute atomic E-state index is 0.129. The number of rotatable bonds is 7. The average molecular weight is 560 g/mol. The van der Waals surface area contributed by atoms with Crippen LogP contribution in [0.2, 0.25) is 0 Å². The van der Waals surface area contributed by atoms with Crippen molar-refractivity contribution < 1.29 is 14.3 Å². The molecule has 4 aromatic rings. The normalized spacial score (nSPS) is 20.9. The third-order valence-electron chi connectivity index (χ3n) is 8.24. The summed E-state index contributed by atoms with van der Waals surface area (Å²) in [6.45, 7) is 3.98. The number of carbonyl (C=O) groups is 1. The summed E-state index contributed by atoms with van der Waals surface area (Å²) in [4.78, 5) is 17.0. The lowest BCUT2D eigenvalue weighted by molar-refractivity contribution is -0.160. The maximum atomic E-state index is 13.2. The largest absolute Gasteiger partial charge is 0.481 e. The molecule has 0 aliphatic heterocycles. The Kier molecular flexibility index (Phi) is 7.90. The minimum Gasteiger partial charge on any atom is -0.481 e. The van der Waals surface area contributed by atoms with Gasteiger partial charge in [0, 0.05) is 30.0 Å². The van der Waals surface area contributed by atoms with Gasteiger partial charge in [0.05, 0.1) is 10.9 Å². The van der Waals surface area contributed by atoms with E-state index in [1.165, 1.54) is 21.1 Å². The topological polar surface area (TPSA) is 35.5 Å². The molecule has 0 amide bonds. The van der Waals surface area contributed by atoms with Gasteiger partial charge in [0.1, 0.15) is 5.75 Å². The number of aryl methyl sites for hydroxylation is 2. The highest BCUT2D eigenvalue weighted by Crippen LogP contribution is 2.52. The minimum atomic E-state index is -0.715. The Hall–Kier alpha value is -3.94. The number of carbonyl (C=O) groups excluding carboxylic acids is 1. The average Bonchev–Trinajstić information content (AvgIpc) is 3.59. The summed E-state index contributed by atoms with van der Waals surface area (Å²) in [5.41, 5.74) is 2.25. The van der Waals surface area contributed by atoms with Crippen LogP contribution < -0.4 is 4.74 Å². The van der Waals surface area contributed by atoms with Crippen molar-refractivity contribution in [3.8, 4) is 17.6 Å². The third kappa shape index (κ3) is 5.92. The van der Waals surface area contributed by atoms with Gasteiger partial charge in [-0.05, 0) is 92.5 Å². The van der Waals surface area contributed by atoms with Crippen molar-refractivity contribution in [1.82, 2.24) is 0 Å². The molecule has 0 heterocycles. The predicted octanol–water partition coefficient (Wildman–Crippen LogP) is 7.93. The van der Waals surface area contributed by atoms with Crippen LogP contribution in [0.25, 0.3) is 0 Å². The van der Waals surface area contributed by atoms with Gasteiger partial charge in [-0.2, -0.15) is 0 Å². The van der Waals surface area contributed by atoms with Crippen LogP contribution in [0, 0.1) is 37.5 Å². The number of ether oxygens (including phenoxy) is 2. The van der Waals surface area contributed by atoms with E-state index in [9.17, 15) is 4.79 Å². The smallest absolute Gasteiger partial charge is 0.345 e. The molecule has 3 nitrogen and oxygen atoms in total. The highest BCUT2D eigenvalue weighted by Gasteiger charge is 2.53. The molecule has 206 valence electrons. The van der Waals surface area contributed by atoms with Crippen molar-refractivity contribution in [1.29, 1.82) is 0 Å².